The molecule has 0 heterocycles. The van der Waals surface area contributed by atoms with Crippen molar-refractivity contribution in [1.29, 1.82) is 0 Å². The lowest BCUT2D eigenvalue weighted by Gasteiger charge is -2.15. The molecule has 1 amide bonds. The van der Waals surface area contributed by atoms with Crippen molar-refractivity contribution in [2.45, 2.75) is 39.7 Å². The molecule has 3 nitrogen and oxygen atoms in total. The van der Waals surface area contributed by atoms with Gasteiger partial charge in [-0.15, -0.1) is 0 Å². The fraction of sp³-hybridized carbons (Fsp3) is 0.917. The van der Waals surface area contributed by atoms with Crippen molar-refractivity contribution in [3.8, 4) is 0 Å². The van der Waals surface area contributed by atoms with Crippen LogP contribution in [-0.4, -0.2) is 37.0 Å². The first-order chi connectivity index (χ1) is 7.60. The number of carbonyl (C=O) groups excluding carboxylic acids is 1. The van der Waals surface area contributed by atoms with Gasteiger partial charge in [0.2, 0.25) is 5.91 Å². The van der Waals surface area contributed by atoms with E-state index in [9.17, 15) is 4.79 Å². The molecule has 0 aliphatic carbocycles. The molecular formula is C12H26N2OS. The summed E-state index contributed by atoms with van der Waals surface area (Å²) < 4.78 is 0. The highest BCUT2D eigenvalue weighted by Crippen LogP contribution is 2.00. The van der Waals surface area contributed by atoms with Gasteiger partial charge in [-0.25, -0.2) is 0 Å². The fourth-order valence-electron chi connectivity index (χ4n) is 1.32. The van der Waals surface area contributed by atoms with Crippen LogP contribution in [0.3, 0.4) is 0 Å². The van der Waals surface area contributed by atoms with Crippen LogP contribution in [-0.2, 0) is 4.79 Å². The van der Waals surface area contributed by atoms with E-state index in [0.717, 1.165) is 25.1 Å². The number of rotatable bonds is 9. The average molecular weight is 246 g/mol. The van der Waals surface area contributed by atoms with E-state index in [1.54, 1.807) is 0 Å². The summed E-state index contributed by atoms with van der Waals surface area (Å²) in [6, 6.07) is 0.450. The summed E-state index contributed by atoms with van der Waals surface area (Å²) in [5.74, 6) is 1.82. The molecule has 1 atom stereocenters. The molecule has 0 aromatic rings. The zero-order chi connectivity index (χ0) is 12.4. The molecule has 0 aromatic heterocycles. The summed E-state index contributed by atoms with van der Waals surface area (Å²) in [6.45, 7) is 7.70. The van der Waals surface area contributed by atoms with Gasteiger partial charge in [0, 0.05) is 18.3 Å². The van der Waals surface area contributed by atoms with E-state index < -0.39 is 0 Å². The second-order valence-electron chi connectivity index (χ2n) is 4.47. The molecular weight excluding hydrogens is 220 g/mol. The van der Waals surface area contributed by atoms with Crippen LogP contribution in [0, 0.1) is 5.92 Å². The second-order valence-corrected chi connectivity index (χ2v) is 5.38. The largest absolute Gasteiger partial charge is 0.355 e. The van der Waals surface area contributed by atoms with Crippen molar-refractivity contribution in [2.24, 2.45) is 5.92 Å². The summed E-state index contributed by atoms with van der Waals surface area (Å²) >= 11 is 1.81. The van der Waals surface area contributed by atoms with Crippen molar-refractivity contribution in [1.82, 2.24) is 10.6 Å². The molecule has 96 valence electrons. The minimum Gasteiger partial charge on any atom is -0.355 e. The Labute approximate surface area is 104 Å². The first-order valence-electron chi connectivity index (χ1n) is 6.09. The molecule has 16 heavy (non-hydrogen) atoms. The summed E-state index contributed by atoms with van der Waals surface area (Å²) in [6.07, 6.45) is 4.21. The standard InChI is InChI=1S/C12H26N2OS/c1-5-11(9-16-4)14-8-12(15)13-7-6-10(2)3/h10-11,14H,5-9H2,1-4H3,(H,13,15). The number of thioether (sulfide) groups is 1. The van der Waals surface area contributed by atoms with Gasteiger partial charge in [-0.05, 0) is 25.0 Å². The molecule has 0 aliphatic heterocycles. The normalized spacial score (nSPS) is 12.8. The van der Waals surface area contributed by atoms with Gasteiger partial charge in [0.1, 0.15) is 0 Å². The van der Waals surface area contributed by atoms with Crippen LogP contribution in [0.2, 0.25) is 0 Å². The number of nitrogens with one attached hydrogen (secondary N) is 2. The van der Waals surface area contributed by atoms with Gasteiger partial charge in [0.15, 0.2) is 0 Å². The molecule has 0 spiro atoms. The highest BCUT2D eigenvalue weighted by atomic mass is 32.2. The lowest BCUT2D eigenvalue weighted by Crippen LogP contribution is -2.40. The second kappa shape index (κ2) is 9.97. The molecule has 0 aliphatic rings. The van der Waals surface area contributed by atoms with Gasteiger partial charge in [0.25, 0.3) is 0 Å². The quantitative estimate of drug-likeness (QED) is 0.653. The number of hydrogen-bond acceptors (Lipinski definition) is 3. The van der Waals surface area contributed by atoms with Gasteiger partial charge < -0.3 is 10.6 Å². The SMILES string of the molecule is CCC(CSC)NCC(=O)NCCC(C)C. The lowest BCUT2D eigenvalue weighted by molar-refractivity contribution is -0.120. The van der Waals surface area contributed by atoms with Crippen LogP contribution in [0.1, 0.15) is 33.6 Å². The Bertz CT molecular complexity index is 186. The van der Waals surface area contributed by atoms with Crippen molar-refractivity contribution in [2.75, 3.05) is 25.1 Å². The highest BCUT2D eigenvalue weighted by molar-refractivity contribution is 7.98. The van der Waals surface area contributed by atoms with Gasteiger partial charge in [0.05, 0.1) is 6.54 Å². The van der Waals surface area contributed by atoms with E-state index in [4.69, 9.17) is 0 Å². The Hall–Kier alpha value is -0.220. The zero-order valence-corrected chi connectivity index (χ0v) is 11.8. The molecule has 2 N–H and O–H groups in total. The van der Waals surface area contributed by atoms with Crippen molar-refractivity contribution >= 4 is 17.7 Å². The molecule has 0 saturated heterocycles. The lowest BCUT2D eigenvalue weighted by atomic mass is 10.1. The molecule has 0 bridgehead atoms. The molecule has 1 unspecified atom stereocenters. The Morgan fingerprint density at radius 2 is 2.06 bits per heavy atom. The topological polar surface area (TPSA) is 41.1 Å². The fourth-order valence-corrected chi connectivity index (χ4v) is 2.08. The Morgan fingerprint density at radius 3 is 2.56 bits per heavy atom. The maximum absolute atomic E-state index is 11.5. The van der Waals surface area contributed by atoms with E-state index in [-0.39, 0.29) is 5.91 Å². The van der Waals surface area contributed by atoms with E-state index in [1.165, 1.54) is 0 Å². The monoisotopic (exact) mass is 246 g/mol. The van der Waals surface area contributed by atoms with Crippen molar-refractivity contribution < 1.29 is 4.79 Å². The maximum atomic E-state index is 11.5. The van der Waals surface area contributed by atoms with E-state index in [2.05, 4.69) is 37.7 Å². The Kier molecular flexibility index (Phi) is 9.83. The third-order valence-electron chi connectivity index (χ3n) is 2.46. The Balaban J connectivity index is 3.55. The van der Waals surface area contributed by atoms with Crippen LogP contribution in [0.4, 0.5) is 0 Å². The summed E-state index contributed by atoms with van der Waals surface area (Å²) in [7, 11) is 0. The smallest absolute Gasteiger partial charge is 0.233 e. The minimum atomic E-state index is 0.111. The van der Waals surface area contributed by atoms with Crippen LogP contribution in [0.25, 0.3) is 0 Å². The van der Waals surface area contributed by atoms with Gasteiger partial charge >= 0.3 is 0 Å². The van der Waals surface area contributed by atoms with Crippen LogP contribution in [0.15, 0.2) is 0 Å². The van der Waals surface area contributed by atoms with E-state index in [0.29, 0.717) is 18.5 Å². The highest BCUT2D eigenvalue weighted by Gasteiger charge is 2.07. The van der Waals surface area contributed by atoms with Gasteiger partial charge in [-0.3, -0.25) is 4.79 Å². The van der Waals surface area contributed by atoms with E-state index in [1.807, 2.05) is 11.8 Å². The predicted molar refractivity (Wildman–Crippen MR) is 72.9 cm³/mol. The summed E-state index contributed by atoms with van der Waals surface area (Å²) in [5.41, 5.74) is 0. The first-order valence-corrected chi connectivity index (χ1v) is 7.48. The number of carbonyl (C=O) groups is 1. The number of amides is 1. The molecule has 0 rings (SSSR count). The molecule has 0 radical (unpaired) electrons. The minimum absolute atomic E-state index is 0.111. The average Bonchev–Trinajstić information content (AvgIpc) is 2.23. The van der Waals surface area contributed by atoms with E-state index >= 15 is 0 Å². The van der Waals surface area contributed by atoms with Crippen LogP contribution >= 0.6 is 11.8 Å². The van der Waals surface area contributed by atoms with Crippen molar-refractivity contribution in [3.63, 3.8) is 0 Å². The third-order valence-corrected chi connectivity index (χ3v) is 3.19. The van der Waals surface area contributed by atoms with Crippen LogP contribution in [0.5, 0.6) is 0 Å². The zero-order valence-electron chi connectivity index (χ0n) is 11.0. The maximum Gasteiger partial charge on any atom is 0.233 e. The third kappa shape index (κ3) is 9.04. The predicted octanol–water partition coefficient (Wildman–Crippen LogP) is 1.88. The van der Waals surface area contributed by atoms with Crippen molar-refractivity contribution in [3.05, 3.63) is 0 Å². The Morgan fingerprint density at radius 1 is 1.38 bits per heavy atom. The summed E-state index contributed by atoms with van der Waals surface area (Å²) in [4.78, 5) is 11.5. The number of hydrogen-bond donors (Lipinski definition) is 2. The molecule has 0 aromatic carbocycles. The van der Waals surface area contributed by atoms with Gasteiger partial charge in [-0.2, -0.15) is 11.8 Å². The molecule has 4 heteroatoms. The first kappa shape index (κ1) is 15.8. The van der Waals surface area contributed by atoms with Gasteiger partial charge in [-0.1, -0.05) is 20.8 Å². The molecule has 0 fully saturated rings. The van der Waals surface area contributed by atoms with Crippen LogP contribution < -0.4 is 10.6 Å². The molecule has 0 saturated carbocycles. The summed E-state index contributed by atoms with van der Waals surface area (Å²) in [5, 5.41) is 6.20.